The maximum Gasteiger partial charge on any atom is 0.419 e. The summed E-state index contributed by atoms with van der Waals surface area (Å²) in [7, 11) is 3.51. The smallest absolute Gasteiger partial charge is 0.419 e. The molecule has 6 nitrogen and oxygen atoms in total. The Morgan fingerprint density at radius 3 is 1.23 bits per heavy atom. The topological polar surface area (TPSA) is 59.1 Å². The van der Waals surface area contributed by atoms with Gasteiger partial charge in [0.2, 0.25) is 12.5 Å². The van der Waals surface area contributed by atoms with E-state index < -0.39 is 24.4 Å². The quantitative estimate of drug-likeness (QED) is 0.256. The van der Waals surface area contributed by atoms with Crippen molar-refractivity contribution in [2.24, 2.45) is 0 Å². The van der Waals surface area contributed by atoms with Gasteiger partial charge in [0.25, 0.3) is 0 Å². The molecule has 0 spiro atoms. The number of terminal acetylenes is 2. The van der Waals surface area contributed by atoms with E-state index in [1.165, 1.54) is 0 Å². The second kappa shape index (κ2) is 12.4. The first-order valence-electron chi connectivity index (χ1n) is 9.08. The molecular formula is C20H32N2O4. The summed E-state index contributed by atoms with van der Waals surface area (Å²) in [5.74, 6) is 2.48. The maximum absolute atomic E-state index is 12.1. The molecule has 0 aliphatic rings. The van der Waals surface area contributed by atoms with Gasteiger partial charge in [0, 0.05) is 12.1 Å². The Balaban J connectivity index is 4.96. The molecule has 0 radical (unpaired) electrons. The van der Waals surface area contributed by atoms with Gasteiger partial charge in [0.15, 0.2) is 0 Å². The van der Waals surface area contributed by atoms with Crippen molar-refractivity contribution < 1.29 is 19.1 Å². The lowest BCUT2D eigenvalue weighted by molar-refractivity contribution is -0.180. The predicted molar refractivity (Wildman–Crippen MR) is 102 cm³/mol. The Labute approximate surface area is 158 Å². The van der Waals surface area contributed by atoms with E-state index in [2.05, 4.69) is 11.8 Å². The highest BCUT2D eigenvalue weighted by atomic mass is 16.6. The molecule has 6 heteroatoms. The molecule has 0 saturated carbocycles. The lowest BCUT2D eigenvalue weighted by Gasteiger charge is -2.31. The Bertz CT molecular complexity index is 479. The van der Waals surface area contributed by atoms with Gasteiger partial charge in [-0.05, 0) is 51.6 Å². The van der Waals surface area contributed by atoms with Crippen LogP contribution >= 0.6 is 0 Å². The van der Waals surface area contributed by atoms with Crippen LogP contribution in [0.15, 0.2) is 0 Å². The number of carbonyl (C=O) groups excluding carboxylic acids is 2. The highest BCUT2D eigenvalue weighted by Crippen LogP contribution is 2.13. The van der Waals surface area contributed by atoms with Crippen molar-refractivity contribution in [2.45, 2.75) is 77.9 Å². The van der Waals surface area contributed by atoms with E-state index in [1.807, 2.05) is 27.7 Å². The van der Waals surface area contributed by atoms with E-state index in [0.717, 1.165) is 25.7 Å². The zero-order valence-electron chi connectivity index (χ0n) is 16.8. The molecule has 2 unspecified atom stereocenters. The fourth-order valence-electron chi connectivity index (χ4n) is 2.88. The van der Waals surface area contributed by atoms with Gasteiger partial charge in [-0.25, -0.2) is 9.59 Å². The third-order valence-corrected chi connectivity index (χ3v) is 4.67. The zero-order chi connectivity index (χ0) is 20.3. The highest BCUT2D eigenvalue weighted by Gasteiger charge is 2.30. The van der Waals surface area contributed by atoms with Crippen molar-refractivity contribution >= 4 is 11.9 Å². The number of nitrogens with zero attached hydrogens (tertiary/aromatic N) is 2. The molecule has 0 amide bonds. The van der Waals surface area contributed by atoms with Crippen molar-refractivity contribution in [3.8, 4) is 24.7 Å². The van der Waals surface area contributed by atoms with Crippen LogP contribution in [0.4, 0.5) is 0 Å². The van der Waals surface area contributed by atoms with Gasteiger partial charge in [0.1, 0.15) is 0 Å². The molecule has 0 rings (SSSR count). The fraction of sp³-hybridized carbons (Fsp3) is 0.700. The average molecular weight is 364 g/mol. The molecule has 0 aromatic carbocycles. The summed E-state index contributed by atoms with van der Waals surface area (Å²) >= 11 is 0. The highest BCUT2D eigenvalue weighted by molar-refractivity contribution is 6.29. The minimum atomic E-state index is -1.15. The van der Waals surface area contributed by atoms with Gasteiger partial charge < -0.3 is 9.47 Å². The molecule has 0 aliphatic carbocycles. The van der Waals surface area contributed by atoms with E-state index >= 15 is 0 Å². The molecule has 146 valence electrons. The summed E-state index contributed by atoms with van der Waals surface area (Å²) in [5.41, 5.74) is 0. The lowest BCUT2D eigenvalue weighted by Crippen LogP contribution is -2.45. The first-order chi connectivity index (χ1) is 12.3. The Kier molecular flexibility index (Phi) is 11.4. The largest absolute Gasteiger partial charge is 0.426 e. The molecule has 26 heavy (non-hydrogen) atoms. The normalized spacial score (nSPS) is 13.4. The summed E-state index contributed by atoms with van der Waals surface area (Å²) in [5, 5.41) is 0. The molecular weight excluding hydrogens is 332 g/mol. The van der Waals surface area contributed by atoms with Crippen LogP contribution in [-0.4, -0.2) is 60.4 Å². The zero-order valence-corrected chi connectivity index (χ0v) is 16.8. The van der Waals surface area contributed by atoms with Crippen molar-refractivity contribution in [2.75, 3.05) is 14.1 Å². The number of esters is 2. The van der Waals surface area contributed by atoms with Gasteiger partial charge in [-0.1, -0.05) is 27.7 Å². The summed E-state index contributed by atoms with van der Waals surface area (Å²) in [6.45, 7) is 8.05. The third kappa shape index (κ3) is 6.71. The number of hydrogen-bond acceptors (Lipinski definition) is 6. The van der Waals surface area contributed by atoms with Gasteiger partial charge in [-0.2, -0.15) is 0 Å². The van der Waals surface area contributed by atoms with Crippen LogP contribution in [0, 0.1) is 24.7 Å². The van der Waals surface area contributed by atoms with Crippen molar-refractivity contribution in [3.63, 3.8) is 0 Å². The van der Waals surface area contributed by atoms with Crippen LogP contribution in [0.3, 0.4) is 0 Å². The van der Waals surface area contributed by atoms with Crippen molar-refractivity contribution in [3.05, 3.63) is 0 Å². The predicted octanol–water partition coefficient (Wildman–Crippen LogP) is 2.23. The van der Waals surface area contributed by atoms with Crippen molar-refractivity contribution in [1.29, 1.82) is 0 Å². The van der Waals surface area contributed by atoms with Gasteiger partial charge in [-0.3, -0.25) is 9.80 Å². The average Bonchev–Trinajstić information content (AvgIpc) is 2.65. The van der Waals surface area contributed by atoms with E-state index in [-0.39, 0.29) is 12.1 Å². The van der Waals surface area contributed by atoms with Crippen molar-refractivity contribution in [1.82, 2.24) is 9.80 Å². The molecule has 2 atom stereocenters. The maximum atomic E-state index is 12.1. The Morgan fingerprint density at radius 1 is 0.769 bits per heavy atom. The van der Waals surface area contributed by atoms with Gasteiger partial charge in [0.05, 0.1) is 0 Å². The number of carbonyl (C=O) groups is 2. The van der Waals surface area contributed by atoms with Crippen LogP contribution in [0.25, 0.3) is 0 Å². The summed E-state index contributed by atoms with van der Waals surface area (Å²) in [6, 6.07) is 0.277. The number of ether oxygens (including phenoxy) is 2. The molecule has 0 heterocycles. The number of rotatable bonds is 10. The van der Waals surface area contributed by atoms with Crippen LogP contribution in [0.1, 0.15) is 53.4 Å². The Morgan fingerprint density at radius 2 is 1.04 bits per heavy atom. The van der Waals surface area contributed by atoms with Gasteiger partial charge >= 0.3 is 11.9 Å². The monoisotopic (exact) mass is 364 g/mol. The Hall–Kier alpha value is -2.02. The first kappa shape index (κ1) is 24.0. The fourth-order valence-corrected chi connectivity index (χ4v) is 2.88. The second-order valence-electron chi connectivity index (χ2n) is 6.12. The third-order valence-electron chi connectivity index (χ3n) is 4.67. The lowest BCUT2D eigenvalue weighted by atomic mass is 10.1. The van der Waals surface area contributed by atoms with Crippen LogP contribution < -0.4 is 0 Å². The minimum absolute atomic E-state index is 0.138. The molecule has 0 aromatic heterocycles. The summed E-state index contributed by atoms with van der Waals surface area (Å²) in [4.78, 5) is 27.7. The molecule has 0 bridgehead atoms. The molecule has 0 aliphatic heterocycles. The summed E-state index contributed by atoms with van der Waals surface area (Å²) < 4.78 is 10.3. The second-order valence-corrected chi connectivity index (χ2v) is 6.12. The first-order valence-corrected chi connectivity index (χ1v) is 9.08. The molecule has 0 saturated heterocycles. The molecule has 0 aromatic rings. The van der Waals surface area contributed by atoms with Crippen LogP contribution in [0.2, 0.25) is 0 Å². The number of hydrogen-bond donors (Lipinski definition) is 0. The van der Waals surface area contributed by atoms with E-state index in [1.54, 1.807) is 23.9 Å². The SMILES string of the molecule is C#CC(OC(=O)C(=O)OC(C#C)N(C)C(CC)CC)N(C)C(CC)CC. The van der Waals surface area contributed by atoms with Crippen LogP contribution in [0.5, 0.6) is 0 Å². The van der Waals surface area contributed by atoms with E-state index in [0.29, 0.717) is 0 Å². The van der Waals surface area contributed by atoms with E-state index in [4.69, 9.17) is 22.3 Å². The standard InChI is InChI=1S/C20H32N2O4/c1-9-15(10-2)21(7)17(13-5)25-19(23)20(24)26-18(14-6)22(8)16(11-3)12-4/h5-6,15-18H,9-12H2,1-4,7-8H3. The molecule has 0 N–H and O–H groups in total. The molecule has 0 fully saturated rings. The summed E-state index contributed by atoms with van der Waals surface area (Å²) in [6.07, 6.45) is 12.4. The van der Waals surface area contributed by atoms with E-state index in [9.17, 15) is 9.59 Å². The minimum Gasteiger partial charge on any atom is -0.426 e. The van der Waals surface area contributed by atoms with Gasteiger partial charge in [-0.15, -0.1) is 12.8 Å². The van der Waals surface area contributed by atoms with Crippen LogP contribution in [-0.2, 0) is 19.1 Å².